The molecule has 0 bridgehead atoms. The number of hydrogen-bond donors (Lipinski definition) is 1. The van der Waals surface area contributed by atoms with Crippen LogP contribution in [0.3, 0.4) is 0 Å². The van der Waals surface area contributed by atoms with Crippen molar-refractivity contribution in [2.75, 3.05) is 11.9 Å². The fourth-order valence-electron chi connectivity index (χ4n) is 3.69. The van der Waals surface area contributed by atoms with Crippen LogP contribution >= 0.6 is 11.8 Å². The van der Waals surface area contributed by atoms with E-state index in [-0.39, 0.29) is 17.9 Å². The topological polar surface area (TPSA) is 49.4 Å². The molecule has 1 aliphatic carbocycles. The lowest BCUT2D eigenvalue weighted by Crippen LogP contribution is -2.33. The second kappa shape index (κ2) is 7.84. The Balaban J connectivity index is 1.57. The van der Waals surface area contributed by atoms with Gasteiger partial charge in [-0.1, -0.05) is 54.4 Å². The van der Waals surface area contributed by atoms with Gasteiger partial charge in [-0.25, -0.2) is 0 Å². The first-order valence-electron chi connectivity index (χ1n) is 9.70. The monoisotopic (exact) mass is 392 g/mol. The minimum Gasteiger partial charge on any atom is -0.349 e. The van der Waals surface area contributed by atoms with E-state index in [4.69, 9.17) is 0 Å². The Labute approximate surface area is 170 Å². The van der Waals surface area contributed by atoms with Crippen LogP contribution in [0, 0.1) is 6.92 Å². The highest BCUT2D eigenvalue weighted by molar-refractivity contribution is 8.04. The number of aryl methyl sites for hydroxylation is 1. The first-order valence-corrected chi connectivity index (χ1v) is 10.5. The molecule has 2 aromatic rings. The quantitative estimate of drug-likeness (QED) is 0.765. The molecule has 2 aliphatic rings. The number of nitrogens with one attached hydrogen (secondary N) is 1. The maximum Gasteiger partial charge on any atom is 0.264 e. The fourth-order valence-corrected chi connectivity index (χ4v) is 4.78. The fraction of sp³-hybridized carbons (Fsp3) is 0.304. The summed E-state index contributed by atoms with van der Waals surface area (Å²) in [7, 11) is 1.77. The predicted molar refractivity (Wildman–Crippen MR) is 115 cm³/mol. The average Bonchev–Trinajstić information content (AvgIpc) is 3.20. The molecule has 4 rings (SSSR count). The van der Waals surface area contributed by atoms with Gasteiger partial charge in [-0.05, 0) is 49.6 Å². The van der Waals surface area contributed by atoms with Crippen molar-refractivity contribution >= 4 is 35.3 Å². The van der Waals surface area contributed by atoms with Crippen LogP contribution in [0.25, 0.3) is 6.08 Å². The molecule has 4 nitrogen and oxygen atoms in total. The molecule has 5 heteroatoms. The summed E-state index contributed by atoms with van der Waals surface area (Å²) in [5, 5.41) is 3.11. The average molecular weight is 393 g/mol. The summed E-state index contributed by atoms with van der Waals surface area (Å²) in [5.74, 6) is -0.104. The third kappa shape index (κ3) is 3.85. The van der Waals surface area contributed by atoms with E-state index in [0.717, 1.165) is 29.0 Å². The van der Waals surface area contributed by atoms with Crippen LogP contribution < -0.4 is 10.2 Å². The molecule has 1 saturated carbocycles. The van der Waals surface area contributed by atoms with Crippen molar-refractivity contribution in [3.63, 3.8) is 0 Å². The van der Waals surface area contributed by atoms with Crippen molar-refractivity contribution in [2.24, 2.45) is 0 Å². The molecule has 144 valence electrons. The van der Waals surface area contributed by atoms with Gasteiger partial charge < -0.3 is 10.2 Å². The van der Waals surface area contributed by atoms with Crippen LogP contribution in [0.5, 0.6) is 0 Å². The van der Waals surface area contributed by atoms with Gasteiger partial charge in [0.15, 0.2) is 0 Å². The van der Waals surface area contributed by atoms with Crippen LogP contribution in [0.4, 0.5) is 5.69 Å². The van der Waals surface area contributed by atoms with Crippen molar-refractivity contribution in [1.82, 2.24) is 5.32 Å². The van der Waals surface area contributed by atoms with E-state index in [1.165, 1.54) is 30.2 Å². The number of likely N-dealkylation sites (N-methyl/N-ethyl adjacent to an activating group) is 1. The molecule has 28 heavy (non-hydrogen) atoms. The van der Waals surface area contributed by atoms with Crippen molar-refractivity contribution in [2.45, 2.75) is 43.5 Å². The number of amides is 2. The van der Waals surface area contributed by atoms with E-state index in [0.29, 0.717) is 10.5 Å². The minimum absolute atomic E-state index is 0.0496. The van der Waals surface area contributed by atoms with Gasteiger partial charge in [0.05, 0.1) is 10.6 Å². The lowest BCUT2D eigenvalue weighted by molar-refractivity contribution is -0.114. The smallest absolute Gasteiger partial charge is 0.264 e. The van der Waals surface area contributed by atoms with Gasteiger partial charge >= 0.3 is 0 Å². The summed E-state index contributed by atoms with van der Waals surface area (Å²) in [6.45, 7) is 2.04. The molecule has 1 aliphatic heterocycles. The highest BCUT2D eigenvalue weighted by Crippen LogP contribution is 2.42. The predicted octanol–water partition coefficient (Wildman–Crippen LogP) is 4.78. The molecule has 1 N–H and O–H groups in total. The number of anilines is 1. The van der Waals surface area contributed by atoms with Crippen molar-refractivity contribution in [1.29, 1.82) is 0 Å². The molecule has 0 radical (unpaired) electrons. The van der Waals surface area contributed by atoms with E-state index in [1.807, 2.05) is 55.5 Å². The molecular formula is C23H24N2O2S. The van der Waals surface area contributed by atoms with E-state index in [1.54, 1.807) is 11.9 Å². The summed E-state index contributed by atoms with van der Waals surface area (Å²) in [5.41, 5.74) is 3.59. The normalized spacial score (nSPS) is 18.4. The van der Waals surface area contributed by atoms with Crippen molar-refractivity contribution in [3.05, 3.63) is 64.1 Å². The van der Waals surface area contributed by atoms with Gasteiger partial charge in [0.2, 0.25) is 0 Å². The zero-order valence-electron chi connectivity index (χ0n) is 16.2. The highest BCUT2D eigenvalue weighted by Gasteiger charge is 2.27. The van der Waals surface area contributed by atoms with Crippen LogP contribution in [0.1, 0.15) is 47.2 Å². The van der Waals surface area contributed by atoms with Gasteiger partial charge in [0, 0.05) is 23.5 Å². The van der Waals surface area contributed by atoms with Crippen molar-refractivity contribution < 1.29 is 9.59 Å². The van der Waals surface area contributed by atoms with E-state index < -0.39 is 0 Å². The Kier molecular flexibility index (Phi) is 5.27. The SMILES string of the molecule is Cc1ccc(/C=C2\Sc3ccc(C(=O)NC4CCCC4)cc3N(C)C2=O)cc1. The Morgan fingerprint density at radius 3 is 2.57 bits per heavy atom. The number of carbonyl (C=O) groups is 2. The second-order valence-electron chi connectivity index (χ2n) is 7.52. The van der Waals surface area contributed by atoms with Gasteiger partial charge in [0.1, 0.15) is 0 Å². The number of thioether (sulfide) groups is 1. The van der Waals surface area contributed by atoms with Gasteiger partial charge in [-0.2, -0.15) is 0 Å². The lowest BCUT2D eigenvalue weighted by atomic mass is 10.1. The molecule has 2 amide bonds. The summed E-state index contributed by atoms with van der Waals surface area (Å²) in [4.78, 5) is 28.7. The molecule has 1 fully saturated rings. The maximum atomic E-state index is 12.9. The number of nitrogens with zero attached hydrogens (tertiary/aromatic N) is 1. The number of benzene rings is 2. The Bertz CT molecular complexity index is 944. The number of fused-ring (bicyclic) bond motifs is 1. The van der Waals surface area contributed by atoms with Crippen molar-refractivity contribution in [3.8, 4) is 0 Å². The van der Waals surface area contributed by atoms with Gasteiger partial charge in [-0.15, -0.1) is 0 Å². The third-order valence-corrected chi connectivity index (χ3v) is 6.46. The number of carbonyl (C=O) groups excluding carboxylic acids is 2. The molecule has 1 heterocycles. The van der Waals surface area contributed by atoms with Crippen LogP contribution in [-0.2, 0) is 4.79 Å². The molecule has 0 unspecified atom stereocenters. The zero-order chi connectivity index (χ0) is 19.7. The zero-order valence-corrected chi connectivity index (χ0v) is 17.0. The van der Waals surface area contributed by atoms with Crippen LogP contribution in [0.15, 0.2) is 52.3 Å². The lowest BCUT2D eigenvalue weighted by Gasteiger charge is -2.27. The van der Waals surface area contributed by atoms with Crippen LogP contribution in [-0.4, -0.2) is 24.9 Å². The molecule has 0 atom stereocenters. The van der Waals surface area contributed by atoms with E-state index in [2.05, 4.69) is 5.32 Å². The summed E-state index contributed by atoms with van der Waals surface area (Å²) in [6, 6.07) is 14.0. The molecular weight excluding hydrogens is 368 g/mol. The van der Waals surface area contributed by atoms with Gasteiger partial charge in [-0.3, -0.25) is 9.59 Å². The molecule has 0 aromatic heterocycles. The minimum atomic E-state index is -0.0541. The van der Waals surface area contributed by atoms with E-state index >= 15 is 0 Å². The largest absolute Gasteiger partial charge is 0.349 e. The van der Waals surface area contributed by atoms with Crippen LogP contribution in [0.2, 0.25) is 0 Å². The maximum absolute atomic E-state index is 12.9. The first-order chi connectivity index (χ1) is 13.5. The second-order valence-corrected chi connectivity index (χ2v) is 8.61. The standard InChI is InChI=1S/C23H24N2O2S/c1-15-7-9-16(10-8-15)13-21-23(27)25(2)19-14-17(11-12-20(19)28-21)22(26)24-18-5-3-4-6-18/h7-14,18H,3-6H2,1-2H3,(H,24,26)/b21-13-. The molecule has 0 spiro atoms. The Morgan fingerprint density at radius 1 is 1.14 bits per heavy atom. The molecule has 2 aromatic carbocycles. The van der Waals surface area contributed by atoms with Gasteiger partial charge in [0.25, 0.3) is 11.8 Å². The number of hydrogen-bond acceptors (Lipinski definition) is 3. The van der Waals surface area contributed by atoms with E-state index in [9.17, 15) is 9.59 Å². The molecule has 0 saturated heterocycles. The Morgan fingerprint density at radius 2 is 1.86 bits per heavy atom. The summed E-state index contributed by atoms with van der Waals surface area (Å²) < 4.78 is 0. The summed E-state index contributed by atoms with van der Waals surface area (Å²) in [6.07, 6.45) is 6.39. The summed E-state index contributed by atoms with van der Waals surface area (Å²) >= 11 is 1.46. The third-order valence-electron chi connectivity index (χ3n) is 5.38. The number of rotatable bonds is 3. The Hall–Kier alpha value is -2.53. The highest BCUT2D eigenvalue weighted by atomic mass is 32.2. The first kappa shape index (κ1) is 18.8.